The SMILES string of the molecule is NC(Cc1ccccc1)P(=O)(O)C[C@@H](Cc1ccccc1)C(=O)N[C@@H](Cc1ccc(O)cc1)C(=O)O. The molecule has 36 heavy (non-hydrogen) atoms. The Bertz CT molecular complexity index is 1190. The number of phenols is 1. The lowest BCUT2D eigenvalue weighted by atomic mass is 9.99. The van der Waals surface area contributed by atoms with E-state index in [0.29, 0.717) is 5.56 Å². The van der Waals surface area contributed by atoms with E-state index in [1.54, 1.807) is 36.4 Å². The molecule has 0 radical (unpaired) electrons. The Labute approximate surface area is 210 Å². The van der Waals surface area contributed by atoms with E-state index in [-0.39, 0.29) is 31.2 Å². The van der Waals surface area contributed by atoms with Crippen LogP contribution in [0.5, 0.6) is 5.75 Å². The van der Waals surface area contributed by atoms with Crippen molar-refractivity contribution in [3.05, 3.63) is 102 Å². The van der Waals surface area contributed by atoms with Crippen molar-refractivity contribution < 1.29 is 29.3 Å². The number of phenolic OH excluding ortho intramolecular Hbond substituents is 1. The fourth-order valence-corrected chi connectivity index (χ4v) is 5.64. The Morgan fingerprint density at radius 1 is 0.806 bits per heavy atom. The Morgan fingerprint density at radius 2 is 1.31 bits per heavy atom. The lowest BCUT2D eigenvalue weighted by Gasteiger charge is -2.25. The molecule has 0 aliphatic heterocycles. The van der Waals surface area contributed by atoms with Crippen molar-refractivity contribution >= 4 is 19.2 Å². The molecule has 0 fully saturated rings. The van der Waals surface area contributed by atoms with Gasteiger partial charge in [-0.2, -0.15) is 0 Å². The first kappa shape index (κ1) is 27.1. The zero-order chi connectivity index (χ0) is 26.1. The molecule has 190 valence electrons. The minimum Gasteiger partial charge on any atom is -0.508 e. The maximum atomic E-state index is 13.3. The van der Waals surface area contributed by atoms with Crippen LogP contribution in [0.15, 0.2) is 84.9 Å². The molecule has 0 saturated heterocycles. The number of nitrogens with one attached hydrogen (secondary N) is 1. The van der Waals surface area contributed by atoms with Gasteiger partial charge in [0.25, 0.3) is 0 Å². The fourth-order valence-electron chi connectivity index (χ4n) is 3.95. The highest BCUT2D eigenvalue weighted by Crippen LogP contribution is 2.47. The van der Waals surface area contributed by atoms with Crippen LogP contribution in [0.1, 0.15) is 16.7 Å². The van der Waals surface area contributed by atoms with Crippen LogP contribution in [0.2, 0.25) is 0 Å². The predicted molar refractivity (Wildman–Crippen MR) is 138 cm³/mol. The summed E-state index contributed by atoms with van der Waals surface area (Å²) in [6, 6.07) is 22.9. The maximum absolute atomic E-state index is 13.3. The number of carbonyl (C=O) groups excluding carboxylic acids is 1. The summed E-state index contributed by atoms with van der Waals surface area (Å²) in [5, 5.41) is 21.7. The van der Waals surface area contributed by atoms with E-state index < -0.39 is 37.0 Å². The molecule has 3 aromatic rings. The molecule has 3 aromatic carbocycles. The third-order valence-electron chi connectivity index (χ3n) is 5.97. The lowest BCUT2D eigenvalue weighted by molar-refractivity contribution is -0.142. The first-order valence-electron chi connectivity index (χ1n) is 11.6. The topological polar surface area (TPSA) is 150 Å². The van der Waals surface area contributed by atoms with Gasteiger partial charge in [0.2, 0.25) is 13.3 Å². The number of aromatic hydroxyl groups is 1. The first-order chi connectivity index (χ1) is 17.1. The number of rotatable bonds is 12. The summed E-state index contributed by atoms with van der Waals surface area (Å²) < 4.78 is 13.3. The molecular weight excluding hydrogens is 479 g/mol. The number of amides is 1. The second-order valence-corrected chi connectivity index (χ2v) is 11.4. The highest BCUT2D eigenvalue weighted by Gasteiger charge is 2.35. The molecule has 0 aliphatic carbocycles. The number of nitrogens with two attached hydrogens (primary N) is 1. The number of benzene rings is 3. The van der Waals surface area contributed by atoms with Gasteiger partial charge in [0.15, 0.2) is 0 Å². The highest BCUT2D eigenvalue weighted by molar-refractivity contribution is 7.58. The van der Waals surface area contributed by atoms with Gasteiger partial charge in [-0.05, 0) is 41.7 Å². The molecule has 6 N–H and O–H groups in total. The molecule has 0 aromatic heterocycles. The van der Waals surface area contributed by atoms with Gasteiger partial charge < -0.3 is 26.2 Å². The Hall–Kier alpha value is -3.45. The van der Waals surface area contributed by atoms with Gasteiger partial charge in [-0.1, -0.05) is 72.8 Å². The summed E-state index contributed by atoms with van der Waals surface area (Å²) in [5.74, 6) is -3.86. The van der Waals surface area contributed by atoms with Crippen LogP contribution >= 0.6 is 7.37 Å². The number of carbonyl (C=O) groups is 2. The van der Waals surface area contributed by atoms with Crippen molar-refractivity contribution in [1.82, 2.24) is 5.32 Å². The van der Waals surface area contributed by atoms with Crippen LogP contribution in [0, 0.1) is 5.92 Å². The minimum atomic E-state index is -3.99. The van der Waals surface area contributed by atoms with Crippen molar-refractivity contribution in [2.24, 2.45) is 11.7 Å². The average molecular weight is 511 g/mol. The van der Waals surface area contributed by atoms with Crippen LogP contribution in [0.3, 0.4) is 0 Å². The van der Waals surface area contributed by atoms with Crippen molar-refractivity contribution in [1.29, 1.82) is 0 Å². The quantitative estimate of drug-likeness (QED) is 0.235. The minimum absolute atomic E-state index is 0.0102. The molecule has 4 atom stereocenters. The van der Waals surface area contributed by atoms with Gasteiger partial charge >= 0.3 is 5.97 Å². The zero-order valence-corrected chi connectivity index (χ0v) is 20.6. The van der Waals surface area contributed by atoms with Crippen molar-refractivity contribution in [2.75, 3.05) is 6.16 Å². The third-order valence-corrected chi connectivity index (χ3v) is 8.16. The zero-order valence-electron chi connectivity index (χ0n) is 19.7. The van der Waals surface area contributed by atoms with Gasteiger partial charge in [-0.25, -0.2) is 4.79 Å². The molecule has 0 spiro atoms. The van der Waals surface area contributed by atoms with Crippen LogP contribution in [0.25, 0.3) is 0 Å². The molecule has 0 bridgehead atoms. The highest BCUT2D eigenvalue weighted by atomic mass is 31.2. The molecule has 0 aliphatic rings. The number of hydrogen-bond donors (Lipinski definition) is 5. The summed E-state index contributed by atoms with van der Waals surface area (Å²) in [7, 11) is -3.99. The average Bonchev–Trinajstić information content (AvgIpc) is 2.85. The van der Waals surface area contributed by atoms with Crippen molar-refractivity contribution in [3.8, 4) is 5.75 Å². The van der Waals surface area contributed by atoms with Crippen LogP contribution in [-0.4, -0.2) is 45.0 Å². The van der Waals surface area contributed by atoms with Gasteiger partial charge in [0, 0.05) is 12.6 Å². The smallest absolute Gasteiger partial charge is 0.326 e. The van der Waals surface area contributed by atoms with Crippen LogP contribution in [0.4, 0.5) is 0 Å². The second kappa shape index (κ2) is 12.5. The molecule has 3 rings (SSSR count). The van der Waals surface area contributed by atoms with Gasteiger partial charge in [0.1, 0.15) is 11.8 Å². The molecule has 9 heteroatoms. The fraction of sp³-hybridized carbons (Fsp3) is 0.259. The molecular formula is C27H31N2O6P. The van der Waals surface area contributed by atoms with Crippen molar-refractivity contribution in [2.45, 2.75) is 31.1 Å². The maximum Gasteiger partial charge on any atom is 0.326 e. The van der Waals surface area contributed by atoms with E-state index in [9.17, 15) is 29.3 Å². The number of aliphatic carboxylic acids is 1. The second-order valence-electron chi connectivity index (χ2n) is 8.85. The van der Waals surface area contributed by atoms with E-state index in [1.807, 2.05) is 36.4 Å². The van der Waals surface area contributed by atoms with E-state index in [2.05, 4.69) is 5.32 Å². The summed E-state index contributed by atoms with van der Waals surface area (Å²) in [5.41, 5.74) is 8.32. The van der Waals surface area contributed by atoms with Gasteiger partial charge in [-0.15, -0.1) is 0 Å². The van der Waals surface area contributed by atoms with Gasteiger partial charge in [0.05, 0.1) is 11.7 Å². The summed E-state index contributed by atoms with van der Waals surface area (Å²) in [6.45, 7) is 0. The summed E-state index contributed by atoms with van der Waals surface area (Å²) >= 11 is 0. The van der Waals surface area contributed by atoms with Crippen molar-refractivity contribution in [3.63, 3.8) is 0 Å². The van der Waals surface area contributed by atoms with E-state index >= 15 is 0 Å². The Balaban J connectivity index is 1.78. The van der Waals surface area contributed by atoms with Crippen LogP contribution in [-0.2, 0) is 33.4 Å². The van der Waals surface area contributed by atoms with Gasteiger partial charge in [-0.3, -0.25) is 9.36 Å². The monoisotopic (exact) mass is 510 g/mol. The predicted octanol–water partition coefficient (Wildman–Crippen LogP) is 3.16. The normalized spacial score (nSPS) is 15.3. The molecule has 2 unspecified atom stereocenters. The van der Waals surface area contributed by atoms with E-state index in [4.69, 9.17) is 5.73 Å². The number of carboxylic acid groups (broad SMARTS) is 1. The molecule has 0 heterocycles. The first-order valence-corrected chi connectivity index (χ1v) is 13.5. The molecule has 8 nitrogen and oxygen atoms in total. The largest absolute Gasteiger partial charge is 0.508 e. The number of carboxylic acids is 1. The van der Waals surface area contributed by atoms with E-state index in [0.717, 1.165) is 11.1 Å². The van der Waals surface area contributed by atoms with Crippen LogP contribution < -0.4 is 11.1 Å². The number of hydrogen-bond acceptors (Lipinski definition) is 5. The lowest BCUT2D eigenvalue weighted by Crippen LogP contribution is -2.46. The standard InChI is InChI=1S/C27H31N2O6P/c28-25(17-20-9-5-2-6-10-20)36(34,35)18-22(15-19-7-3-1-4-8-19)26(31)29-24(27(32)33)16-21-11-13-23(30)14-12-21/h1-14,22,24-25,30H,15-18,28H2,(H,29,31)(H,32,33)(H,34,35)/t22-,24+,25?/m1/s1. The van der Waals surface area contributed by atoms with E-state index in [1.165, 1.54) is 12.1 Å². The molecule has 1 amide bonds. The summed E-state index contributed by atoms with van der Waals surface area (Å²) in [6.07, 6.45) is -0.0648. The summed E-state index contributed by atoms with van der Waals surface area (Å²) in [4.78, 5) is 36.0. The third kappa shape index (κ3) is 8.05. The molecule has 0 saturated carbocycles. The Kier molecular flexibility index (Phi) is 9.42. The Morgan fingerprint density at radius 3 is 1.83 bits per heavy atom.